The van der Waals surface area contributed by atoms with Crippen molar-refractivity contribution in [2.24, 2.45) is 0 Å². The fourth-order valence-electron chi connectivity index (χ4n) is 4.19. The first-order valence-electron chi connectivity index (χ1n) is 10.5. The lowest BCUT2D eigenvalue weighted by molar-refractivity contribution is -0.110. The molecule has 1 saturated heterocycles. The first-order chi connectivity index (χ1) is 15.5. The molecule has 2 aromatic carbocycles. The van der Waals surface area contributed by atoms with Crippen molar-refractivity contribution in [3.63, 3.8) is 0 Å². The van der Waals surface area contributed by atoms with E-state index in [4.69, 9.17) is 4.42 Å². The van der Waals surface area contributed by atoms with Gasteiger partial charge in [-0.3, -0.25) is 14.5 Å². The van der Waals surface area contributed by atoms with Crippen LogP contribution in [0.25, 0.3) is 22.8 Å². The van der Waals surface area contributed by atoms with Crippen molar-refractivity contribution in [2.45, 2.75) is 19.0 Å². The molecule has 0 spiro atoms. The molecule has 2 N–H and O–H groups in total. The summed E-state index contributed by atoms with van der Waals surface area (Å²) in [4.78, 5) is 27.2. The van der Waals surface area contributed by atoms with E-state index in [9.17, 15) is 14.0 Å². The fraction of sp³-hybridized carbons (Fsp3) is 0.200. The first kappa shape index (κ1) is 20.2. The van der Waals surface area contributed by atoms with Crippen molar-refractivity contribution in [1.29, 1.82) is 0 Å². The zero-order valence-electron chi connectivity index (χ0n) is 17.5. The molecule has 0 saturated carbocycles. The van der Waals surface area contributed by atoms with Gasteiger partial charge in [0.2, 0.25) is 0 Å². The number of carbonyl (C=O) groups is 2. The van der Waals surface area contributed by atoms with E-state index < -0.39 is 5.82 Å². The highest BCUT2D eigenvalue weighted by atomic mass is 19.1. The Morgan fingerprint density at radius 1 is 1.22 bits per heavy atom. The number of rotatable bonds is 4. The van der Waals surface area contributed by atoms with Crippen molar-refractivity contribution in [3.8, 4) is 11.1 Å². The van der Waals surface area contributed by atoms with Gasteiger partial charge < -0.3 is 15.1 Å². The van der Waals surface area contributed by atoms with E-state index in [-0.39, 0.29) is 18.0 Å². The minimum atomic E-state index is -0.412. The normalized spacial score (nSPS) is 19.2. The molecule has 1 unspecified atom stereocenters. The van der Waals surface area contributed by atoms with E-state index in [1.807, 2.05) is 25.2 Å². The number of hydrogen-bond acceptors (Lipinski definition) is 4. The van der Waals surface area contributed by atoms with Crippen LogP contribution in [-0.4, -0.2) is 36.5 Å². The predicted octanol–water partition coefficient (Wildman–Crippen LogP) is 4.36. The van der Waals surface area contributed by atoms with Crippen LogP contribution in [-0.2, 0) is 4.79 Å². The number of nitrogens with zero attached hydrogens (tertiary/aromatic N) is 1. The number of nitrogens with one attached hydrogen (secondary N) is 2. The second-order valence-corrected chi connectivity index (χ2v) is 8.13. The first-order valence-corrected chi connectivity index (χ1v) is 10.5. The number of amides is 2. The van der Waals surface area contributed by atoms with Gasteiger partial charge in [0.15, 0.2) is 0 Å². The molecule has 0 radical (unpaired) electrons. The van der Waals surface area contributed by atoms with Crippen LogP contribution in [0.15, 0.2) is 59.2 Å². The number of benzene rings is 2. The molecular formula is C25H22FN3O3. The quantitative estimate of drug-likeness (QED) is 0.602. The van der Waals surface area contributed by atoms with Crippen molar-refractivity contribution >= 4 is 29.2 Å². The van der Waals surface area contributed by atoms with E-state index in [0.717, 1.165) is 30.5 Å². The van der Waals surface area contributed by atoms with Crippen molar-refractivity contribution < 1.29 is 18.4 Å². The van der Waals surface area contributed by atoms with E-state index in [1.54, 1.807) is 24.5 Å². The van der Waals surface area contributed by atoms with E-state index in [0.29, 0.717) is 28.1 Å². The van der Waals surface area contributed by atoms with E-state index >= 15 is 0 Å². The Morgan fingerprint density at radius 3 is 2.91 bits per heavy atom. The fourth-order valence-corrected chi connectivity index (χ4v) is 4.19. The third-order valence-electron chi connectivity index (χ3n) is 5.95. The summed E-state index contributed by atoms with van der Waals surface area (Å²) < 4.78 is 19.3. The van der Waals surface area contributed by atoms with Crippen LogP contribution in [0.5, 0.6) is 0 Å². The van der Waals surface area contributed by atoms with E-state index in [1.165, 1.54) is 18.2 Å². The smallest absolute Gasteiger partial charge is 0.256 e. The number of carbonyl (C=O) groups excluding carboxylic acids is 2. The van der Waals surface area contributed by atoms with Crippen LogP contribution < -0.4 is 10.6 Å². The monoisotopic (exact) mass is 431 g/mol. The highest BCUT2D eigenvalue weighted by Gasteiger charge is 2.25. The molecule has 2 aliphatic rings. The van der Waals surface area contributed by atoms with Gasteiger partial charge in [-0.1, -0.05) is 12.1 Å². The largest absolute Gasteiger partial charge is 0.464 e. The summed E-state index contributed by atoms with van der Waals surface area (Å²) >= 11 is 0. The molecule has 1 fully saturated rings. The Hall–Kier alpha value is -3.71. The Labute approximate surface area is 184 Å². The van der Waals surface area contributed by atoms with Gasteiger partial charge in [-0.15, -0.1) is 0 Å². The molecule has 0 bridgehead atoms. The lowest BCUT2D eigenvalue weighted by Crippen LogP contribution is -2.42. The molecule has 6 nitrogen and oxygen atoms in total. The number of hydrogen-bond donors (Lipinski definition) is 2. The van der Waals surface area contributed by atoms with Crippen LogP contribution in [0.1, 0.15) is 34.5 Å². The van der Waals surface area contributed by atoms with Gasteiger partial charge in [-0.25, -0.2) is 4.39 Å². The molecule has 7 heteroatoms. The van der Waals surface area contributed by atoms with Crippen LogP contribution in [0.3, 0.4) is 0 Å². The maximum atomic E-state index is 13.7. The lowest BCUT2D eigenvalue weighted by Gasteiger charge is -2.20. The number of furan rings is 1. The van der Waals surface area contributed by atoms with Crippen molar-refractivity contribution in [3.05, 3.63) is 77.5 Å². The van der Waals surface area contributed by atoms with Crippen molar-refractivity contribution in [1.82, 2.24) is 10.2 Å². The van der Waals surface area contributed by atoms with Gasteiger partial charge in [0.1, 0.15) is 11.6 Å². The third-order valence-corrected chi connectivity index (χ3v) is 5.95. The number of halogens is 1. The molecule has 3 aromatic rings. The SMILES string of the molecule is CN1CCCC1NC(=O)c1cccc(-c2coc(/C=C3/C(=O)Nc4ccc(F)cc43)c2)c1. The summed E-state index contributed by atoms with van der Waals surface area (Å²) in [6.07, 6.45) is 5.25. The summed E-state index contributed by atoms with van der Waals surface area (Å²) in [5.74, 6) is -0.369. The highest BCUT2D eigenvalue weighted by Crippen LogP contribution is 2.34. The average Bonchev–Trinajstić information content (AvgIpc) is 3.49. The summed E-state index contributed by atoms with van der Waals surface area (Å²) in [6, 6.07) is 13.3. The summed E-state index contributed by atoms with van der Waals surface area (Å²) in [7, 11) is 2.01. The molecule has 5 rings (SSSR count). The van der Waals surface area contributed by atoms with Crippen LogP contribution in [0.2, 0.25) is 0 Å². The minimum Gasteiger partial charge on any atom is -0.464 e. The zero-order valence-corrected chi connectivity index (χ0v) is 17.5. The van der Waals surface area contributed by atoms with Gasteiger partial charge in [-0.05, 0) is 74.5 Å². The Morgan fingerprint density at radius 2 is 2.09 bits per heavy atom. The number of anilines is 1. The number of fused-ring (bicyclic) bond motifs is 1. The molecule has 3 heterocycles. The van der Waals surface area contributed by atoms with Crippen LogP contribution in [0.4, 0.5) is 10.1 Å². The minimum absolute atomic E-state index is 0.0589. The maximum absolute atomic E-state index is 13.7. The highest BCUT2D eigenvalue weighted by molar-refractivity contribution is 6.34. The molecule has 1 aromatic heterocycles. The summed E-state index contributed by atoms with van der Waals surface area (Å²) in [5, 5.41) is 5.80. The molecule has 162 valence electrons. The summed E-state index contributed by atoms with van der Waals surface area (Å²) in [5.41, 5.74) is 3.60. The molecule has 0 aliphatic carbocycles. The predicted molar refractivity (Wildman–Crippen MR) is 120 cm³/mol. The van der Waals surface area contributed by atoms with Gasteiger partial charge >= 0.3 is 0 Å². The summed E-state index contributed by atoms with van der Waals surface area (Å²) in [6.45, 7) is 0.980. The van der Waals surface area contributed by atoms with Crippen LogP contribution in [0, 0.1) is 5.82 Å². The van der Waals surface area contributed by atoms with E-state index in [2.05, 4.69) is 15.5 Å². The Bertz CT molecular complexity index is 1250. The molecular weight excluding hydrogens is 409 g/mol. The Balaban J connectivity index is 1.38. The molecule has 1 atom stereocenters. The average molecular weight is 431 g/mol. The van der Waals surface area contributed by atoms with Gasteiger partial charge in [0.05, 0.1) is 18.0 Å². The third kappa shape index (κ3) is 3.83. The molecule has 2 aliphatic heterocycles. The second-order valence-electron chi connectivity index (χ2n) is 8.13. The maximum Gasteiger partial charge on any atom is 0.256 e. The van der Waals surface area contributed by atoms with Crippen molar-refractivity contribution in [2.75, 3.05) is 18.9 Å². The molecule has 2 amide bonds. The zero-order chi connectivity index (χ0) is 22.2. The van der Waals surface area contributed by atoms with Gasteiger partial charge in [0.25, 0.3) is 11.8 Å². The lowest BCUT2D eigenvalue weighted by atomic mass is 10.0. The van der Waals surface area contributed by atoms with Gasteiger partial charge in [-0.2, -0.15) is 0 Å². The second kappa shape index (κ2) is 8.09. The standard InChI is InChI=1S/C25H22FN3O3/c1-29-9-3-6-23(29)28-24(30)16-5-2-4-15(10-16)17-11-19(32-14-17)13-21-20-12-18(26)7-8-22(20)27-25(21)31/h2,4-5,7-8,10-14,23H,3,6,9H2,1H3,(H,27,31)(H,28,30)/b21-13+. The van der Waals surface area contributed by atoms with Crippen LogP contribution >= 0.6 is 0 Å². The topological polar surface area (TPSA) is 74.6 Å². The molecule has 32 heavy (non-hydrogen) atoms. The Kier molecular flexibility index (Phi) is 5.11. The van der Waals surface area contributed by atoms with Gasteiger partial charge in [0, 0.05) is 22.4 Å². The number of likely N-dealkylation sites (tertiary alicyclic amines) is 1.